The zero-order chi connectivity index (χ0) is 22.3. The molecule has 4 heterocycles. The van der Waals surface area contributed by atoms with E-state index >= 15 is 0 Å². The quantitative estimate of drug-likeness (QED) is 0.613. The molecular weight excluding hydrogens is 396 g/mol. The lowest BCUT2D eigenvalue weighted by Crippen LogP contribution is -3.17. The van der Waals surface area contributed by atoms with Gasteiger partial charge >= 0.3 is 0 Å². The van der Waals surface area contributed by atoms with Crippen LogP contribution in [0, 0.1) is 11.3 Å². The maximum absolute atomic E-state index is 12.9. The molecule has 4 aliphatic heterocycles. The van der Waals surface area contributed by atoms with Crippen molar-refractivity contribution < 1.29 is 14.6 Å². The minimum Gasteiger partial charge on any atom is -0.329 e. The third-order valence-electron chi connectivity index (χ3n) is 7.69. The van der Waals surface area contributed by atoms with Gasteiger partial charge in [0, 0.05) is 5.56 Å². The lowest BCUT2D eigenvalue weighted by molar-refractivity contribution is -0.918. The van der Waals surface area contributed by atoms with Crippen LogP contribution in [-0.2, 0) is 11.8 Å². The van der Waals surface area contributed by atoms with Crippen molar-refractivity contribution in [2.75, 3.05) is 39.3 Å². The number of benzene rings is 2. The number of hydrogen-bond acceptors (Lipinski definition) is 2. The van der Waals surface area contributed by atoms with Crippen molar-refractivity contribution in [3.63, 3.8) is 0 Å². The van der Waals surface area contributed by atoms with Crippen molar-refractivity contribution in [1.82, 2.24) is 5.43 Å². The number of hydrazone groups is 1. The Kier molecular flexibility index (Phi) is 5.42. The van der Waals surface area contributed by atoms with Crippen LogP contribution in [0.4, 0.5) is 0 Å². The van der Waals surface area contributed by atoms with Gasteiger partial charge in [0.25, 0.3) is 5.91 Å². The Labute approximate surface area is 191 Å². The first-order valence-electron chi connectivity index (χ1n) is 12.0. The molecule has 1 amide bonds. The van der Waals surface area contributed by atoms with Crippen LogP contribution in [0.3, 0.4) is 0 Å². The van der Waals surface area contributed by atoms with E-state index in [2.05, 4.69) is 68.7 Å². The van der Waals surface area contributed by atoms with Gasteiger partial charge in [-0.1, -0.05) is 63.2 Å². The van der Waals surface area contributed by atoms with E-state index in [4.69, 9.17) is 5.10 Å². The van der Waals surface area contributed by atoms with Crippen LogP contribution in [0.2, 0.25) is 0 Å². The number of nitrogens with zero attached hydrogens (tertiary/aromatic N) is 1. The van der Waals surface area contributed by atoms with Gasteiger partial charge in [0.15, 0.2) is 0 Å². The van der Waals surface area contributed by atoms with Crippen LogP contribution in [0.15, 0.2) is 59.7 Å². The van der Waals surface area contributed by atoms with Gasteiger partial charge < -0.3 is 9.80 Å². The second-order valence-electron chi connectivity index (χ2n) is 11.2. The fourth-order valence-electron chi connectivity index (χ4n) is 6.18. The molecule has 0 aromatic heterocycles. The Balaban J connectivity index is 1.41. The number of piperidine rings is 2. The lowest BCUT2D eigenvalue weighted by Gasteiger charge is -2.46. The lowest BCUT2D eigenvalue weighted by atomic mass is 9.67. The molecule has 2 aromatic rings. The molecule has 4 saturated heterocycles. The van der Waals surface area contributed by atoms with Gasteiger partial charge in [-0.15, -0.1) is 0 Å². The van der Waals surface area contributed by atoms with E-state index in [0.717, 1.165) is 32.6 Å². The Hall–Kier alpha value is -2.50. The molecule has 0 saturated carbocycles. The third-order valence-corrected chi connectivity index (χ3v) is 7.69. The Morgan fingerprint density at radius 1 is 1.00 bits per heavy atom. The highest BCUT2D eigenvalue weighted by atomic mass is 16.2. The number of carbonyl (C=O) groups excluding carboxylic acids is 1. The summed E-state index contributed by atoms with van der Waals surface area (Å²) in [4.78, 5) is 16.4. The minimum atomic E-state index is -0.111. The van der Waals surface area contributed by atoms with Crippen LogP contribution in [-0.4, -0.2) is 50.9 Å². The summed E-state index contributed by atoms with van der Waals surface area (Å²) in [7, 11) is 0. The predicted octanol–water partition coefficient (Wildman–Crippen LogP) is 0.726. The molecule has 168 valence electrons. The van der Waals surface area contributed by atoms with Gasteiger partial charge in [0.05, 0.1) is 37.8 Å². The molecule has 4 fully saturated rings. The fraction of sp³-hybridized carbons (Fsp3) is 0.481. The highest BCUT2D eigenvalue weighted by Gasteiger charge is 2.57. The third kappa shape index (κ3) is 4.12. The number of fused-ring (bicyclic) bond motifs is 1. The SMILES string of the molecule is CC(C)(C)c1ccc(C(=O)N/N=C2/C3C[NH+]4CC[NH+](C3)CC2(Cc2ccccc2)C4)cc1. The van der Waals surface area contributed by atoms with Crippen molar-refractivity contribution in [2.45, 2.75) is 32.6 Å². The molecule has 32 heavy (non-hydrogen) atoms. The number of quaternary nitrogens is 2. The van der Waals surface area contributed by atoms with Crippen molar-refractivity contribution in [2.24, 2.45) is 16.4 Å². The average molecular weight is 433 g/mol. The molecule has 3 N–H and O–H groups in total. The van der Waals surface area contributed by atoms with E-state index in [1.54, 1.807) is 9.80 Å². The number of carbonyl (C=O) groups is 1. The second-order valence-corrected chi connectivity index (χ2v) is 11.2. The minimum absolute atomic E-state index is 0.0348. The Morgan fingerprint density at radius 3 is 2.22 bits per heavy atom. The van der Waals surface area contributed by atoms with Crippen molar-refractivity contribution in [1.29, 1.82) is 0 Å². The van der Waals surface area contributed by atoms with E-state index in [1.807, 2.05) is 12.1 Å². The second kappa shape index (κ2) is 8.13. The number of hydrogen-bond donors (Lipinski definition) is 3. The number of nitrogens with one attached hydrogen (secondary N) is 3. The van der Waals surface area contributed by atoms with Gasteiger partial charge in [0.1, 0.15) is 18.5 Å². The standard InChI is InChI=1S/C27H34N4O/c1-26(2,3)23-11-9-21(10-12-23)25(32)29-28-24-22-16-30-13-14-31(17-22)19-27(24,18-30)15-20-7-5-4-6-8-20/h4-12,22H,13-19H2,1-3H3,(H,29,32)/p+2/b28-24-. The van der Waals surface area contributed by atoms with Crippen LogP contribution < -0.4 is 15.2 Å². The number of rotatable bonds is 4. The molecule has 2 aromatic carbocycles. The molecular formula is C27H36N4O+2. The normalized spacial score (nSPS) is 30.3. The Bertz CT molecular complexity index is 990. The van der Waals surface area contributed by atoms with E-state index in [9.17, 15) is 4.79 Å². The first-order chi connectivity index (χ1) is 15.3. The molecule has 6 rings (SSSR count). The monoisotopic (exact) mass is 432 g/mol. The van der Waals surface area contributed by atoms with Gasteiger partial charge in [-0.25, -0.2) is 5.43 Å². The molecule has 4 bridgehead atoms. The van der Waals surface area contributed by atoms with Gasteiger partial charge in [0.2, 0.25) is 0 Å². The molecule has 0 radical (unpaired) electrons. The zero-order valence-corrected chi connectivity index (χ0v) is 19.6. The zero-order valence-electron chi connectivity index (χ0n) is 19.6. The summed E-state index contributed by atoms with van der Waals surface area (Å²) in [5, 5.41) is 4.87. The van der Waals surface area contributed by atoms with Crippen LogP contribution in [0.1, 0.15) is 42.3 Å². The summed E-state index contributed by atoms with van der Waals surface area (Å²) < 4.78 is 0. The highest BCUT2D eigenvalue weighted by molar-refractivity contribution is 5.98. The summed E-state index contributed by atoms with van der Waals surface area (Å²) in [6, 6.07) is 18.8. The van der Waals surface area contributed by atoms with Gasteiger partial charge in [-0.05, 0) is 35.1 Å². The smallest absolute Gasteiger partial charge is 0.271 e. The van der Waals surface area contributed by atoms with Gasteiger partial charge in [-0.3, -0.25) is 4.79 Å². The van der Waals surface area contributed by atoms with Crippen LogP contribution in [0.5, 0.6) is 0 Å². The molecule has 5 heteroatoms. The average Bonchev–Trinajstić information content (AvgIpc) is 3.00. The Morgan fingerprint density at radius 2 is 1.62 bits per heavy atom. The predicted molar refractivity (Wildman–Crippen MR) is 127 cm³/mol. The maximum atomic E-state index is 12.9. The maximum Gasteiger partial charge on any atom is 0.271 e. The summed E-state index contributed by atoms with van der Waals surface area (Å²) >= 11 is 0. The molecule has 5 nitrogen and oxygen atoms in total. The van der Waals surface area contributed by atoms with Crippen molar-refractivity contribution >= 4 is 11.6 Å². The van der Waals surface area contributed by atoms with E-state index in [-0.39, 0.29) is 16.7 Å². The topological polar surface area (TPSA) is 50.3 Å². The van der Waals surface area contributed by atoms with Crippen molar-refractivity contribution in [3.8, 4) is 0 Å². The fourth-order valence-corrected chi connectivity index (χ4v) is 6.18. The highest BCUT2D eigenvalue weighted by Crippen LogP contribution is 2.31. The van der Waals surface area contributed by atoms with Gasteiger partial charge in [-0.2, -0.15) is 5.10 Å². The summed E-state index contributed by atoms with van der Waals surface area (Å²) in [5.41, 5.74) is 7.56. The molecule has 0 spiro atoms. The molecule has 2 unspecified atom stereocenters. The van der Waals surface area contributed by atoms with E-state index in [1.165, 1.54) is 29.9 Å². The molecule has 0 aliphatic carbocycles. The summed E-state index contributed by atoms with van der Waals surface area (Å²) in [5.74, 6) is 0.344. The molecule has 2 atom stereocenters. The largest absolute Gasteiger partial charge is 0.329 e. The van der Waals surface area contributed by atoms with Crippen LogP contribution in [0.25, 0.3) is 0 Å². The van der Waals surface area contributed by atoms with Crippen LogP contribution >= 0.6 is 0 Å². The summed E-state index contributed by atoms with van der Waals surface area (Å²) in [6.45, 7) is 13.6. The first-order valence-corrected chi connectivity index (χ1v) is 12.0. The van der Waals surface area contributed by atoms with E-state index in [0.29, 0.717) is 11.5 Å². The molecule has 4 aliphatic rings. The van der Waals surface area contributed by atoms with Crippen molar-refractivity contribution in [3.05, 3.63) is 71.3 Å². The summed E-state index contributed by atoms with van der Waals surface area (Å²) in [6.07, 6.45) is 1.01. The van der Waals surface area contributed by atoms with E-state index < -0.39 is 0 Å². The first kappa shape index (κ1) is 21.4. The number of amides is 1.